The second-order valence-electron chi connectivity index (χ2n) is 5.83. The van der Waals surface area contributed by atoms with Crippen molar-refractivity contribution in [2.75, 3.05) is 19.7 Å². The van der Waals surface area contributed by atoms with Crippen LogP contribution in [0.1, 0.15) is 39.0 Å². The second-order valence-corrected chi connectivity index (χ2v) is 6.39. The zero-order valence-corrected chi connectivity index (χ0v) is 12.9. The highest BCUT2D eigenvalue weighted by molar-refractivity contribution is 6.99. The molecule has 1 aliphatic rings. The Kier molecular flexibility index (Phi) is 6.69. The van der Waals surface area contributed by atoms with E-state index < -0.39 is 6.10 Å². The van der Waals surface area contributed by atoms with Gasteiger partial charge < -0.3 is 15.2 Å². The van der Waals surface area contributed by atoms with Crippen molar-refractivity contribution in [1.29, 1.82) is 0 Å². The number of nitrogens with zero attached hydrogens (tertiary/aromatic N) is 2. The number of rotatable bonds is 8. The largest absolute Gasteiger partial charge is 0.473 e. The first-order valence-electron chi connectivity index (χ1n) is 7.53. The lowest BCUT2D eigenvalue weighted by Gasteiger charge is -2.26. The summed E-state index contributed by atoms with van der Waals surface area (Å²) in [7, 11) is 0. The van der Waals surface area contributed by atoms with E-state index in [0.29, 0.717) is 12.4 Å². The van der Waals surface area contributed by atoms with Gasteiger partial charge in [-0.1, -0.05) is 32.6 Å². The average molecular weight is 299 g/mol. The fraction of sp³-hybridized carbons (Fsp3) is 0.857. The molecule has 5 nitrogen and oxygen atoms in total. The minimum atomic E-state index is -0.497. The third-order valence-corrected chi connectivity index (χ3v) is 4.47. The molecule has 0 radical (unpaired) electrons. The molecule has 0 spiro atoms. The standard InChI is InChI=1S/C14H25N3O2S/c1-11-2-4-12(5-3-11)6-7-15-8-13(18)10-19-14-9-16-20-17-14/h9,11-13,15,18H,2-8,10H2,1H3. The number of nitrogens with one attached hydrogen (secondary N) is 1. The highest BCUT2D eigenvalue weighted by atomic mass is 32.1. The van der Waals surface area contributed by atoms with E-state index in [1.807, 2.05) is 0 Å². The molecule has 2 N–H and O–H groups in total. The van der Waals surface area contributed by atoms with E-state index in [2.05, 4.69) is 21.0 Å². The van der Waals surface area contributed by atoms with Crippen LogP contribution in [0, 0.1) is 11.8 Å². The van der Waals surface area contributed by atoms with Gasteiger partial charge in [-0.3, -0.25) is 0 Å². The molecule has 20 heavy (non-hydrogen) atoms. The third kappa shape index (κ3) is 5.73. The van der Waals surface area contributed by atoms with Gasteiger partial charge in [0.05, 0.1) is 11.7 Å². The normalized spacial score (nSPS) is 24.5. The Hall–Kier alpha value is -0.720. The molecule has 114 valence electrons. The van der Waals surface area contributed by atoms with Crippen LogP contribution in [0.15, 0.2) is 6.20 Å². The summed E-state index contributed by atoms with van der Waals surface area (Å²) in [6.07, 6.45) is 7.77. The summed E-state index contributed by atoms with van der Waals surface area (Å²) in [6.45, 7) is 4.16. The SMILES string of the molecule is CC1CCC(CCNCC(O)COc2cnsn2)CC1. The number of aliphatic hydroxyl groups excluding tert-OH is 1. The number of aromatic nitrogens is 2. The summed E-state index contributed by atoms with van der Waals surface area (Å²) in [6, 6.07) is 0. The van der Waals surface area contributed by atoms with Crippen molar-refractivity contribution >= 4 is 11.7 Å². The van der Waals surface area contributed by atoms with Gasteiger partial charge >= 0.3 is 0 Å². The van der Waals surface area contributed by atoms with Gasteiger partial charge in [0.15, 0.2) is 0 Å². The van der Waals surface area contributed by atoms with Crippen molar-refractivity contribution < 1.29 is 9.84 Å². The maximum atomic E-state index is 9.79. The summed E-state index contributed by atoms with van der Waals surface area (Å²) >= 11 is 1.11. The molecule has 2 rings (SSSR count). The molecule has 0 bridgehead atoms. The lowest BCUT2D eigenvalue weighted by atomic mass is 9.81. The van der Waals surface area contributed by atoms with Gasteiger partial charge in [0, 0.05) is 6.54 Å². The molecule has 0 aliphatic heterocycles. The maximum absolute atomic E-state index is 9.79. The van der Waals surface area contributed by atoms with E-state index in [-0.39, 0.29) is 6.61 Å². The first kappa shape index (κ1) is 15.7. The number of ether oxygens (including phenoxy) is 1. The predicted molar refractivity (Wildman–Crippen MR) is 80.0 cm³/mol. The van der Waals surface area contributed by atoms with Gasteiger partial charge in [0.25, 0.3) is 0 Å². The van der Waals surface area contributed by atoms with Gasteiger partial charge in [-0.2, -0.15) is 4.37 Å². The minimum Gasteiger partial charge on any atom is -0.473 e. The Morgan fingerprint density at radius 1 is 1.45 bits per heavy atom. The van der Waals surface area contributed by atoms with Crippen LogP contribution < -0.4 is 10.1 Å². The Labute approximate surface area is 125 Å². The van der Waals surface area contributed by atoms with Crippen molar-refractivity contribution in [1.82, 2.24) is 14.1 Å². The van der Waals surface area contributed by atoms with Gasteiger partial charge in [0.1, 0.15) is 18.9 Å². The van der Waals surface area contributed by atoms with Crippen molar-refractivity contribution in [3.8, 4) is 5.88 Å². The molecule has 1 unspecified atom stereocenters. The van der Waals surface area contributed by atoms with Crippen LogP contribution in [-0.2, 0) is 0 Å². The van der Waals surface area contributed by atoms with E-state index in [0.717, 1.165) is 30.1 Å². The van der Waals surface area contributed by atoms with Gasteiger partial charge in [-0.25, -0.2) is 0 Å². The maximum Gasteiger partial charge on any atom is 0.245 e. The topological polar surface area (TPSA) is 67.3 Å². The summed E-state index contributed by atoms with van der Waals surface area (Å²) in [5.41, 5.74) is 0. The van der Waals surface area contributed by atoms with Crippen LogP contribution in [0.2, 0.25) is 0 Å². The second kappa shape index (κ2) is 8.54. The molecule has 1 atom stereocenters. The number of hydrogen-bond donors (Lipinski definition) is 2. The van der Waals surface area contributed by atoms with Crippen LogP contribution in [-0.4, -0.2) is 39.7 Å². The molecule has 0 amide bonds. The molecular weight excluding hydrogens is 274 g/mol. The first-order valence-corrected chi connectivity index (χ1v) is 8.26. The highest BCUT2D eigenvalue weighted by Crippen LogP contribution is 2.29. The molecule has 1 saturated carbocycles. The van der Waals surface area contributed by atoms with E-state index in [4.69, 9.17) is 4.74 Å². The van der Waals surface area contributed by atoms with Gasteiger partial charge in [-0.15, -0.1) is 4.37 Å². The molecule has 1 aromatic rings. The van der Waals surface area contributed by atoms with Crippen LogP contribution in [0.25, 0.3) is 0 Å². The van der Waals surface area contributed by atoms with E-state index in [1.54, 1.807) is 6.20 Å². The zero-order chi connectivity index (χ0) is 14.2. The van der Waals surface area contributed by atoms with Gasteiger partial charge in [-0.05, 0) is 24.8 Å². The fourth-order valence-electron chi connectivity index (χ4n) is 2.65. The first-order chi connectivity index (χ1) is 9.74. The highest BCUT2D eigenvalue weighted by Gasteiger charge is 2.17. The minimum absolute atomic E-state index is 0.263. The molecule has 0 aromatic carbocycles. The molecule has 1 fully saturated rings. The van der Waals surface area contributed by atoms with Crippen molar-refractivity contribution in [2.45, 2.75) is 45.1 Å². The van der Waals surface area contributed by atoms with Crippen molar-refractivity contribution in [2.24, 2.45) is 11.8 Å². The van der Waals surface area contributed by atoms with Crippen LogP contribution in [0.4, 0.5) is 0 Å². The van der Waals surface area contributed by atoms with E-state index in [1.165, 1.54) is 32.1 Å². The lowest BCUT2D eigenvalue weighted by Crippen LogP contribution is -2.32. The van der Waals surface area contributed by atoms with E-state index in [9.17, 15) is 5.11 Å². The third-order valence-electron chi connectivity index (χ3n) is 4.01. The molecule has 1 heterocycles. The van der Waals surface area contributed by atoms with Crippen LogP contribution >= 0.6 is 11.7 Å². The van der Waals surface area contributed by atoms with Crippen LogP contribution in [0.5, 0.6) is 5.88 Å². The van der Waals surface area contributed by atoms with Crippen LogP contribution in [0.3, 0.4) is 0 Å². The summed E-state index contributed by atoms with van der Waals surface area (Å²) in [5.74, 6) is 2.27. The fourth-order valence-corrected chi connectivity index (χ4v) is 3.02. The zero-order valence-electron chi connectivity index (χ0n) is 12.1. The Morgan fingerprint density at radius 3 is 2.95 bits per heavy atom. The predicted octanol–water partition coefficient (Wildman–Crippen LogP) is 2.08. The average Bonchev–Trinajstić information content (AvgIpc) is 2.96. The molecule has 6 heteroatoms. The summed E-state index contributed by atoms with van der Waals surface area (Å²) in [5, 5.41) is 13.1. The van der Waals surface area contributed by atoms with Gasteiger partial charge in [0.2, 0.25) is 5.88 Å². The quantitative estimate of drug-likeness (QED) is 0.719. The number of hydrogen-bond acceptors (Lipinski definition) is 6. The number of aliphatic hydroxyl groups is 1. The smallest absolute Gasteiger partial charge is 0.245 e. The molecule has 1 aromatic heterocycles. The van der Waals surface area contributed by atoms with E-state index >= 15 is 0 Å². The molecule has 1 aliphatic carbocycles. The summed E-state index contributed by atoms with van der Waals surface area (Å²) in [4.78, 5) is 0. The van der Waals surface area contributed by atoms with Crippen molar-refractivity contribution in [3.63, 3.8) is 0 Å². The monoisotopic (exact) mass is 299 g/mol. The Balaban J connectivity index is 1.48. The Bertz CT molecular complexity index is 353. The summed E-state index contributed by atoms with van der Waals surface area (Å²) < 4.78 is 13.1. The molecular formula is C14H25N3O2S. The molecule has 0 saturated heterocycles. The lowest BCUT2D eigenvalue weighted by molar-refractivity contribution is 0.104. The van der Waals surface area contributed by atoms with Crippen molar-refractivity contribution in [3.05, 3.63) is 6.20 Å². The Morgan fingerprint density at radius 2 is 2.25 bits per heavy atom.